The van der Waals surface area contributed by atoms with Crippen molar-refractivity contribution in [1.29, 1.82) is 0 Å². The Morgan fingerprint density at radius 2 is 1.68 bits per heavy atom. The van der Waals surface area contributed by atoms with Gasteiger partial charge >= 0.3 is 0 Å². The third-order valence-corrected chi connectivity index (χ3v) is 6.47. The van der Waals surface area contributed by atoms with Crippen LogP contribution in [-0.2, 0) is 14.3 Å². The smallest absolute Gasteiger partial charge is 0.223 e. The fraction of sp³-hybridized carbons (Fsp3) is 0.133. The lowest BCUT2D eigenvalue weighted by atomic mass is 10.1. The molecule has 0 spiro atoms. The molecule has 0 amide bonds. The summed E-state index contributed by atoms with van der Waals surface area (Å²) in [5, 5.41) is 5.68. The molecule has 0 saturated heterocycles. The number of anilines is 1. The van der Waals surface area contributed by atoms with Crippen LogP contribution in [0.25, 0.3) is 32.7 Å². The number of benzene rings is 3. The summed E-state index contributed by atoms with van der Waals surface area (Å²) in [5.41, 5.74) is 2.49. The van der Waals surface area contributed by atoms with E-state index in [1.54, 1.807) is 31.4 Å². The van der Waals surface area contributed by atoms with Gasteiger partial charge in [0.2, 0.25) is 11.6 Å². The molecule has 6 rings (SSSR count). The van der Waals surface area contributed by atoms with Crippen molar-refractivity contribution in [3.8, 4) is 17.2 Å². The lowest BCUT2D eigenvalue weighted by molar-refractivity contribution is -0.116. The zero-order valence-corrected chi connectivity index (χ0v) is 21.7. The van der Waals surface area contributed by atoms with Gasteiger partial charge in [-0.2, -0.15) is 0 Å². The van der Waals surface area contributed by atoms with E-state index in [0.29, 0.717) is 47.2 Å². The second kappa shape index (κ2) is 10.5. The number of aromatic nitrogens is 3. The summed E-state index contributed by atoms with van der Waals surface area (Å²) in [6.45, 7) is 0.753. The van der Waals surface area contributed by atoms with Crippen molar-refractivity contribution in [3.05, 3.63) is 84.5 Å². The molecule has 2 N–H and O–H groups in total. The summed E-state index contributed by atoms with van der Waals surface area (Å²) in [6, 6.07) is 16.9. The summed E-state index contributed by atoms with van der Waals surface area (Å²) in [6.07, 6.45) is 3.73. The van der Waals surface area contributed by atoms with Crippen molar-refractivity contribution < 1.29 is 28.5 Å². The molecule has 200 valence electrons. The fourth-order valence-electron chi connectivity index (χ4n) is 4.54. The van der Waals surface area contributed by atoms with E-state index in [1.165, 1.54) is 25.6 Å². The van der Waals surface area contributed by atoms with E-state index in [0.717, 1.165) is 21.8 Å². The standard InChI is InChI=1S/C30H24N4O6/c1-37-9-10-39-29-14-22-20(12-28(29)38-2)30(32-16-31-22)34-24-13-26(36)27(15-25(24)35)40-17-7-8-19-18-5-3-4-6-21(18)33-23(19)11-17/h3-8,11-16,33H,9-10H2,1-2H3,(H,31,32,34). The van der Waals surface area contributed by atoms with Crippen molar-refractivity contribution in [3.63, 3.8) is 0 Å². The quantitative estimate of drug-likeness (QED) is 0.204. The highest BCUT2D eigenvalue weighted by Gasteiger charge is 2.24. The molecule has 0 unspecified atom stereocenters. The van der Waals surface area contributed by atoms with E-state index in [2.05, 4.69) is 20.3 Å². The van der Waals surface area contributed by atoms with Crippen LogP contribution < -0.4 is 19.5 Å². The maximum atomic E-state index is 13.0. The Kier molecular flexibility index (Phi) is 6.59. The molecule has 3 aromatic carbocycles. The van der Waals surface area contributed by atoms with Crippen LogP contribution >= 0.6 is 0 Å². The molecule has 2 aromatic heterocycles. The van der Waals surface area contributed by atoms with Gasteiger partial charge in [0.15, 0.2) is 17.3 Å². The van der Waals surface area contributed by atoms with Crippen molar-refractivity contribution in [2.45, 2.75) is 0 Å². The molecule has 0 radical (unpaired) electrons. The Labute approximate surface area is 228 Å². The average Bonchev–Trinajstić information content (AvgIpc) is 3.33. The van der Waals surface area contributed by atoms with Crippen LogP contribution in [0.2, 0.25) is 0 Å². The Bertz CT molecular complexity index is 1860. The third kappa shape index (κ3) is 4.72. The van der Waals surface area contributed by atoms with Crippen LogP contribution in [-0.4, -0.2) is 54.0 Å². The van der Waals surface area contributed by atoms with E-state index in [4.69, 9.17) is 18.9 Å². The number of aromatic amines is 1. The molecular formula is C30H24N4O6. The van der Waals surface area contributed by atoms with E-state index < -0.39 is 11.6 Å². The first-order valence-corrected chi connectivity index (χ1v) is 12.5. The van der Waals surface area contributed by atoms with Gasteiger partial charge in [-0.05, 0) is 24.3 Å². The molecule has 10 nitrogen and oxygen atoms in total. The second-order valence-corrected chi connectivity index (χ2v) is 8.98. The molecule has 2 heterocycles. The predicted molar refractivity (Wildman–Crippen MR) is 150 cm³/mol. The number of nitrogens with one attached hydrogen (secondary N) is 2. The van der Waals surface area contributed by atoms with E-state index in [-0.39, 0.29) is 11.5 Å². The zero-order chi connectivity index (χ0) is 27.6. The van der Waals surface area contributed by atoms with E-state index in [1.807, 2.05) is 30.3 Å². The second-order valence-electron chi connectivity index (χ2n) is 8.98. The van der Waals surface area contributed by atoms with Crippen LogP contribution in [0.15, 0.2) is 84.5 Å². The summed E-state index contributed by atoms with van der Waals surface area (Å²) in [5.74, 6) is 0.773. The number of rotatable bonds is 9. The first kappa shape index (κ1) is 25.1. The van der Waals surface area contributed by atoms with Gasteiger partial charge in [0.25, 0.3) is 0 Å². The normalized spacial score (nSPS) is 13.4. The topological polar surface area (TPSA) is 125 Å². The zero-order valence-electron chi connectivity index (χ0n) is 21.7. The number of para-hydroxylation sites is 1. The SMILES string of the molecule is COCCOc1cc2ncnc(NC3=CC(=O)C(Oc4ccc5c(c4)[nH]c4ccccc45)=CC3=O)c2cc1OC. The number of allylic oxidation sites excluding steroid dienone is 2. The summed E-state index contributed by atoms with van der Waals surface area (Å²) >= 11 is 0. The van der Waals surface area contributed by atoms with Gasteiger partial charge in [-0.15, -0.1) is 0 Å². The lowest BCUT2D eigenvalue weighted by Gasteiger charge is -2.16. The third-order valence-electron chi connectivity index (χ3n) is 6.47. The molecule has 5 aromatic rings. The van der Waals surface area contributed by atoms with Gasteiger partial charge < -0.3 is 29.2 Å². The van der Waals surface area contributed by atoms with Gasteiger partial charge in [0, 0.05) is 53.1 Å². The van der Waals surface area contributed by atoms with Crippen molar-refractivity contribution >= 4 is 50.1 Å². The predicted octanol–water partition coefficient (Wildman–Crippen LogP) is 4.71. The summed E-state index contributed by atoms with van der Waals surface area (Å²) < 4.78 is 22.1. The highest BCUT2D eigenvalue weighted by Crippen LogP contribution is 2.35. The highest BCUT2D eigenvalue weighted by molar-refractivity contribution is 6.20. The van der Waals surface area contributed by atoms with E-state index in [9.17, 15) is 9.59 Å². The van der Waals surface area contributed by atoms with Crippen LogP contribution in [0.4, 0.5) is 5.82 Å². The first-order chi connectivity index (χ1) is 19.5. The van der Waals surface area contributed by atoms with Crippen LogP contribution in [0.1, 0.15) is 0 Å². The molecule has 0 atom stereocenters. The number of hydrogen-bond donors (Lipinski definition) is 2. The molecule has 1 aliphatic carbocycles. The number of fused-ring (bicyclic) bond motifs is 4. The number of carbonyl (C=O) groups excluding carboxylic acids is 2. The van der Waals surface area contributed by atoms with Gasteiger partial charge in [-0.1, -0.05) is 18.2 Å². The average molecular weight is 537 g/mol. The Morgan fingerprint density at radius 3 is 2.52 bits per heavy atom. The fourth-order valence-corrected chi connectivity index (χ4v) is 4.54. The van der Waals surface area contributed by atoms with Gasteiger partial charge in [-0.3, -0.25) is 9.59 Å². The van der Waals surface area contributed by atoms with Crippen molar-refractivity contribution in [2.24, 2.45) is 0 Å². The summed E-state index contributed by atoms with van der Waals surface area (Å²) in [7, 11) is 3.11. The molecule has 0 saturated carbocycles. The largest absolute Gasteiger partial charge is 0.493 e. The van der Waals surface area contributed by atoms with E-state index >= 15 is 0 Å². The highest BCUT2D eigenvalue weighted by atomic mass is 16.5. The minimum Gasteiger partial charge on any atom is -0.493 e. The summed E-state index contributed by atoms with van der Waals surface area (Å²) in [4.78, 5) is 37.8. The number of ketones is 2. The van der Waals surface area contributed by atoms with Gasteiger partial charge in [0.05, 0.1) is 30.4 Å². The monoisotopic (exact) mass is 536 g/mol. The molecule has 0 aliphatic heterocycles. The number of H-pyrrole nitrogens is 1. The van der Waals surface area contributed by atoms with Crippen LogP contribution in [0.3, 0.4) is 0 Å². The van der Waals surface area contributed by atoms with Gasteiger partial charge in [-0.25, -0.2) is 9.97 Å². The number of hydrogen-bond acceptors (Lipinski definition) is 9. The Hall–Kier alpha value is -5.22. The van der Waals surface area contributed by atoms with Gasteiger partial charge in [0.1, 0.15) is 24.5 Å². The molecule has 10 heteroatoms. The first-order valence-electron chi connectivity index (χ1n) is 12.5. The van der Waals surface area contributed by atoms with Crippen LogP contribution in [0.5, 0.6) is 17.2 Å². The molecule has 1 aliphatic rings. The molecule has 40 heavy (non-hydrogen) atoms. The lowest BCUT2D eigenvalue weighted by Crippen LogP contribution is -2.21. The number of nitrogens with zero attached hydrogens (tertiary/aromatic N) is 2. The maximum Gasteiger partial charge on any atom is 0.223 e. The van der Waals surface area contributed by atoms with Crippen LogP contribution in [0, 0.1) is 0 Å². The minimum absolute atomic E-state index is 0.0582. The Balaban J connectivity index is 1.23. The maximum absolute atomic E-state index is 13.0. The number of carbonyl (C=O) groups is 2. The number of methoxy groups -OCH3 is 2. The van der Waals surface area contributed by atoms with Crippen molar-refractivity contribution in [1.82, 2.24) is 15.0 Å². The van der Waals surface area contributed by atoms with Crippen molar-refractivity contribution in [2.75, 3.05) is 32.8 Å². The molecule has 0 fully saturated rings. The number of ether oxygens (including phenoxy) is 4. The Morgan fingerprint density at radius 1 is 0.825 bits per heavy atom. The molecule has 0 bridgehead atoms. The minimum atomic E-state index is -0.455. The molecular weight excluding hydrogens is 512 g/mol.